The van der Waals surface area contributed by atoms with Crippen molar-refractivity contribution in [3.8, 4) is 23.3 Å². The van der Waals surface area contributed by atoms with E-state index in [0.717, 1.165) is 0 Å². The van der Waals surface area contributed by atoms with Gasteiger partial charge in [0.1, 0.15) is 34.4 Å². The fourth-order valence-corrected chi connectivity index (χ4v) is 3.42. The number of pyridine rings is 1. The number of nitrogen functional groups attached to an aromatic ring is 2. The van der Waals surface area contributed by atoms with E-state index in [1.165, 1.54) is 30.0 Å². The van der Waals surface area contributed by atoms with Crippen molar-refractivity contribution >= 4 is 23.3 Å². The first-order valence-electron chi connectivity index (χ1n) is 7.47. The van der Waals surface area contributed by atoms with Gasteiger partial charge in [0.05, 0.1) is 5.56 Å². The van der Waals surface area contributed by atoms with Gasteiger partial charge in [-0.15, -0.1) is 0 Å². The predicted octanol–water partition coefficient (Wildman–Crippen LogP) is 3.95. The maximum atomic E-state index is 13.7. The van der Waals surface area contributed by atoms with Crippen LogP contribution >= 0.6 is 11.8 Å². The molecule has 126 valence electrons. The van der Waals surface area contributed by atoms with E-state index in [2.05, 4.69) is 11.1 Å². The van der Waals surface area contributed by atoms with E-state index >= 15 is 0 Å². The second-order valence-electron chi connectivity index (χ2n) is 5.30. The lowest BCUT2D eigenvalue weighted by atomic mass is 9.97. The third kappa shape index (κ3) is 3.16. The Morgan fingerprint density at radius 3 is 2.35 bits per heavy atom. The molecule has 0 radical (unpaired) electrons. The molecule has 0 amide bonds. The van der Waals surface area contributed by atoms with Crippen molar-refractivity contribution in [3.05, 3.63) is 65.5 Å². The molecule has 0 aliphatic carbocycles. The molecule has 2 aromatic carbocycles. The van der Waals surface area contributed by atoms with Crippen LogP contribution in [-0.2, 0) is 0 Å². The Bertz CT molecular complexity index is 1080. The Labute approximate surface area is 153 Å². The van der Waals surface area contributed by atoms with Gasteiger partial charge in [0.15, 0.2) is 0 Å². The second-order valence-corrected chi connectivity index (χ2v) is 6.33. The minimum absolute atomic E-state index is 0.0252. The van der Waals surface area contributed by atoms with Crippen LogP contribution in [-0.4, -0.2) is 4.98 Å². The van der Waals surface area contributed by atoms with Crippen LogP contribution in [0.5, 0.6) is 0 Å². The standard InChI is InChI=1S/C19H12FN5S/c20-12-5-3-4-11(8-12)17-13(9-21)18(24)25-19(14(17)10-22)26-16-7-2-1-6-15(16)23/h1-8H,23H2,(H2,24,25). The molecule has 3 rings (SSSR count). The number of benzene rings is 2. The number of hydrogen-bond acceptors (Lipinski definition) is 6. The van der Waals surface area contributed by atoms with Gasteiger partial charge in [-0.05, 0) is 29.8 Å². The first kappa shape index (κ1) is 17.3. The van der Waals surface area contributed by atoms with Gasteiger partial charge in [0, 0.05) is 16.1 Å². The molecule has 0 saturated carbocycles. The maximum absolute atomic E-state index is 13.7. The number of halogens is 1. The molecule has 7 heteroatoms. The molecule has 3 aromatic rings. The van der Waals surface area contributed by atoms with Crippen molar-refractivity contribution in [2.45, 2.75) is 9.92 Å². The molecule has 5 nitrogen and oxygen atoms in total. The number of anilines is 2. The zero-order valence-corrected chi connectivity index (χ0v) is 14.2. The Morgan fingerprint density at radius 1 is 0.962 bits per heavy atom. The van der Waals surface area contributed by atoms with Crippen molar-refractivity contribution in [2.24, 2.45) is 0 Å². The maximum Gasteiger partial charge on any atom is 0.143 e. The van der Waals surface area contributed by atoms with E-state index in [1.807, 2.05) is 12.1 Å². The van der Waals surface area contributed by atoms with Gasteiger partial charge in [-0.3, -0.25) is 0 Å². The van der Waals surface area contributed by atoms with Crippen LogP contribution in [0.2, 0.25) is 0 Å². The highest BCUT2D eigenvalue weighted by atomic mass is 32.2. The van der Waals surface area contributed by atoms with Crippen molar-refractivity contribution in [1.29, 1.82) is 10.5 Å². The molecular weight excluding hydrogens is 349 g/mol. The molecule has 26 heavy (non-hydrogen) atoms. The van der Waals surface area contributed by atoms with Gasteiger partial charge < -0.3 is 11.5 Å². The fourth-order valence-electron chi connectivity index (χ4n) is 2.48. The zero-order valence-electron chi connectivity index (χ0n) is 13.4. The summed E-state index contributed by atoms with van der Waals surface area (Å²) in [6.45, 7) is 0. The highest BCUT2D eigenvalue weighted by molar-refractivity contribution is 7.99. The summed E-state index contributed by atoms with van der Waals surface area (Å²) in [4.78, 5) is 4.91. The lowest BCUT2D eigenvalue weighted by Crippen LogP contribution is -2.03. The van der Waals surface area contributed by atoms with Crippen molar-refractivity contribution in [1.82, 2.24) is 4.98 Å². The third-order valence-corrected chi connectivity index (χ3v) is 4.74. The molecular formula is C19H12FN5S. The number of aromatic nitrogens is 1. The van der Waals surface area contributed by atoms with Crippen LogP contribution in [0, 0.1) is 28.5 Å². The van der Waals surface area contributed by atoms with Crippen LogP contribution < -0.4 is 11.5 Å². The summed E-state index contributed by atoms with van der Waals surface area (Å²) in [5.74, 6) is -0.505. The molecule has 0 bridgehead atoms. The predicted molar refractivity (Wildman–Crippen MR) is 98.5 cm³/mol. The Hall–Kier alpha value is -3.55. The van der Waals surface area contributed by atoms with Crippen LogP contribution in [0.4, 0.5) is 15.9 Å². The monoisotopic (exact) mass is 361 g/mol. The molecule has 0 atom stereocenters. The second kappa shape index (κ2) is 7.14. The van der Waals surface area contributed by atoms with E-state index in [1.54, 1.807) is 24.3 Å². The van der Waals surface area contributed by atoms with Crippen LogP contribution in [0.15, 0.2) is 58.5 Å². The van der Waals surface area contributed by atoms with Crippen LogP contribution in [0.1, 0.15) is 11.1 Å². The summed E-state index contributed by atoms with van der Waals surface area (Å²) in [5.41, 5.74) is 13.3. The van der Waals surface area contributed by atoms with Crippen molar-refractivity contribution < 1.29 is 4.39 Å². The van der Waals surface area contributed by atoms with Crippen LogP contribution in [0.25, 0.3) is 11.1 Å². The van der Waals surface area contributed by atoms with Crippen LogP contribution in [0.3, 0.4) is 0 Å². The summed E-state index contributed by atoms with van der Waals surface area (Å²) in [5, 5.41) is 19.5. The molecule has 0 aliphatic heterocycles. The first-order chi connectivity index (χ1) is 12.5. The summed E-state index contributed by atoms with van der Waals surface area (Å²) in [7, 11) is 0. The van der Waals surface area contributed by atoms with E-state index in [9.17, 15) is 14.9 Å². The third-order valence-electron chi connectivity index (χ3n) is 3.65. The van der Waals surface area contributed by atoms with Gasteiger partial charge in [0.2, 0.25) is 0 Å². The summed E-state index contributed by atoms with van der Waals surface area (Å²) >= 11 is 1.17. The average molecular weight is 361 g/mol. The number of nitrogens with two attached hydrogens (primary N) is 2. The number of hydrogen-bond donors (Lipinski definition) is 2. The number of rotatable bonds is 3. The SMILES string of the molecule is N#Cc1c(N)nc(Sc2ccccc2N)c(C#N)c1-c1cccc(F)c1. The highest BCUT2D eigenvalue weighted by Gasteiger charge is 2.21. The quantitative estimate of drug-likeness (QED) is 0.683. The Kier molecular flexibility index (Phi) is 4.74. The minimum atomic E-state index is -0.479. The fraction of sp³-hybridized carbons (Fsp3) is 0. The Morgan fingerprint density at radius 2 is 1.69 bits per heavy atom. The topological polar surface area (TPSA) is 113 Å². The summed E-state index contributed by atoms with van der Waals surface area (Å²) in [6, 6.07) is 16.8. The molecule has 1 heterocycles. The lowest BCUT2D eigenvalue weighted by Gasteiger charge is -2.13. The molecule has 0 fully saturated rings. The molecule has 0 unspecified atom stereocenters. The van der Waals surface area contributed by atoms with Gasteiger partial charge in [-0.2, -0.15) is 10.5 Å². The van der Waals surface area contributed by atoms with E-state index in [4.69, 9.17) is 11.5 Å². The van der Waals surface area contributed by atoms with Crippen molar-refractivity contribution in [2.75, 3.05) is 11.5 Å². The highest BCUT2D eigenvalue weighted by Crippen LogP contribution is 2.39. The molecule has 4 N–H and O–H groups in total. The summed E-state index contributed by atoms with van der Waals surface area (Å²) < 4.78 is 13.7. The normalized spacial score (nSPS) is 10.1. The molecule has 0 saturated heterocycles. The average Bonchev–Trinajstić information content (AvgIpc) is 2.63. The largest absolute Gasteiger partial charge is 0.398 e. The molecule has 1 aromatic heterocycles. The van der Waals surface area contributed by atoms with Gasteiger partial charge >= 0.3 is 0 Å². The van der Waals surface area contributed by atoms with Gasteiger partial charge in [-0.1, -0.05) is 36.0 Å². The van der Waals surface area contributed by atoms with Gasteiger partial charge in [0.25, 0.3) is 0 Å². The smallest absolute Gasteiger partial charge is 0.143 e. The lowest BCUT2D eigenvalue weighted by molar-refractivity contribution is 0.628. The summed E-state index contributed by atoms with van der Waals surface area (Å²) in [6.07, 6.45) is 0. The van der Waals surface area contributed by atoms with E-state index < -0.39 is 5.82 Å². The van der Waals surface area contributed by atoms with E-state index in [-0.39, 0.29) is 22.5 Å². The molecule has 0 aliphatic rings. The zero-order chi connectivity index (χ0) is 18.7. The van der Waals surface area contributed by atoms with E-state index in [0.29, 0.717) is 21.2 Å². The number of nitrogens with zero attached hydrogens (tertiary/aromatic N) is 3. The molecule has 0 spiro atoms. The Balaban J connectivity index is 2.27. The van der Waals surface area contributed by atoms with Crippen molar-refractivity contribution in [3.63, 3.8) is 0 Å². The number of para-hydroxylation sites is 1. The number of nitriles is 2. The van der Waals surface area contributed by atoms with Gasteiger partial charge in [-0.25, -0.2) is 9.37 Å². The first-order valence-corrected chi connectivity index (χ1v) is 8.28. The minimum Gasteiger partial charge on any atom is -0.398 e.